The van der Waals surface area contributed by atoms with E-state index in [-0.39, 0.29) is 5.76 Å². The molecule has 0 spiro atoms. The van der Waals surface area contributed by atoms with Gasteiger partial charge in [-0.2, -0.15) is 0 Å². The van der Waals surface area contributed by atoms with Gasteiger partial charge in [-0.1, -0.05) is 18.2 Å². The largest absolute Gasteiger partial charge is 0.499 e. The zero-order valence-corrected chi connectivity index (χ0v) is 9.31. The second kappa shape index (κ2) is 5.07. The lowest BCUT2D eigenvalue weighted by Gasteiger charge is -2.18. The molecular weight excluding hydrogens is 240 g/mol. The lowest BCUT2D eigenvalue weighted by atomic mass is 10.2. The van der Waals surface area contributed by atoms with Crippen LogP contribution in [-0.4, -0.2) is 40.1 Å². The van der Waals surface area contributed by atoms with Gasteiger partial charge in [0.15, 0.2) is 11.9 Å². The number of rotatable bonds is 4. The molecule has 0 saturated carbocycles. The summed E-state index contributed by atoms with van der Waals surface area (Å²) >= 11 is 0. The summed E-state index contributed by atoms with van der Waals surface area (Å²) in [6, 6.07) is 8.43. The second-order valence-electron chi connectivity index (χ2n) is 3.70. The van der Waals surface area contributed by atoms with Gasteiger partial charge >= 0.3 is 5.97 Å². The Bertz CT molecular complexity index is 467. The summed E-state index contributed by atoms with van der Waals surface area (Å²) in [5, 5.41) is 27.9. The first kappa shape index (κ1) is 12.4. The molecule has 1 aliphatic heterocycles. The Balaban J connectivity index is 2.24. The zero-order valence-electron chi connectivity index (χ0n) is 9.31. The summed E-state index contributed by atoms with van der Waals surface area (Å²) in [6.07, 6.45) is -2.56. The van der Waals surface area contributed by atoms with Crippen LogP contribution in [0.15, 0.2) is 41.9 Å². The Morgan fingerprint density at radius 2 is 2.00 bits per heavy atom. The highest BCUT2D eigenvalue weighted by molar-refractivity contribution is 5.89. The van der Waals surface area contributed by atoms with Crippen LogP contribution in [0, 0.1) is 0 Å². The van der Waals surface area contributed by atoms with Gasteiger partial charge in [0.1, 0.15) is 11.9 Å². The summed E-state index contributed by atoms with van der Waals surface area (Å²) in [5.41, 5.74) is 0. The standard InChI is InChI=1S/C12H12O6/c13-6-8(14)10-11(9(15)12(16)18-10)17-7-4-2-1-3-5-7/h1-5,8,10,13-15H,6H2/t8-,10+/m0/s1. The zero-order chi connectivity index (χ0) is 13.1. The van der Waals surface area contributed by atoms with E-state index >= 15 is 0 Å². The number of benzene rings is 1. The average Bonchev–Trinajstić information content (AvgIpc) is 2.67. The fourth-order valence-electron chi connectivity index (χ4n) is 1.53. The Labute approximate surface area is 103 Å². The van der Waals surface area contributed by atoms with Gasteiger partial charge in [-0.3, -0.25) is 0 Å². The molecule has 2 atom stereocenters. The lowest BCUT2D eigenvalue weighted by Crippen LogP contribution is -2.33. The fourth-order valence-corrected chi connectivity index (χ4v) is 1.53. The van der Waals surface area contributed by atoms with Gasteiger partial charge in [-0.05, 0) is 12.1 Å². The van der Waals surface area contributed by atoms with Gasteiger partial charge in [0.05, 0.1) is 6.61 Å². The molecule has 1 heterocycles. The number of hydrogen-bond acceptors (Lipinski definition) is 6. The third kappa shape index (κ3) is 2.29. The van der Waals surface area contributed by atoms with E-state index in [0.717, 1.165) is 0 Å². The van der Waals surface area contributed by atoms with E-state index in [1.807, 2.05) is 0 Å². The molecule has 18 heavy (non-hydrogen) atoms. The minimum Gasteiger partial charge on any atom is -0.499 e. The number of cyclic esters (lactones) is 1. The van der Waals surface area contributed by atoms with Crippen molar-refractivity contribution < 1.29 is 29.6 Å². The van der Waals surface area contributed by atoms with E-state index < -0.39 is 30.5 Å². The quantitative estimate of drug-likeness (QED) is 0.658. The molecule has 0 unspecified atom stereocenters. The molecule has 0 saturated heterocycles. The minimum absolute atomic E-state index is 0.201. The van der Waals surface area contributed by atoms with Crippen molar-refractivity contribution in [3.63, 3.8) is 0 Å². The van der Waals surface area contributed by atoms with Crippen LogP contribution < -0.4 is 4.74 Å². The van der Waals surface area contributed by atoms with E-state index in [4.69, 9.17) is 14.6 Å². The predicted molar refractivity (Wildman–Crippen MR) is 59.7 cm³/mol. The van der Waals surface area contributed by atoms with Gasteiger partial charge in [0, 0.05) is 0 Å². The summed E-state index contributed by atoms with van der Waals surface area (Å²) < 4.78 is 10.0. The maximum atomic E-state index is 11.2. The molecule has 0 radical (unpaired) electrons. The molecule has 1 aliphatic rings. The third-order valence-electron chi connectivity index (χ3n) is 2.43. The third-order valence-corrected chi connectivity index (χ3v) is 2.43. The maximum Gasteiger partial charge on any atom is 0.378 e. The number of hydrogen-bond donors (Lipinski definition) is 3. The maximum absolute atomic E-state index is 11.2. The van der Waals surface area contributed by atoms with Gasteiger partial charge in [0.2, 0.25) is 5.76 Å². The van der Waals surface area contributed by atoms with Crippen LogP contribution in [0.5, 0.6) is 5.75 Å². The number of carbonyl (C=O) groups is 1. The van der Waals surface area contributed by atoms with Crippen LogP contribution in [0.4, 0.5) is 0 Å². The number of ether oxygens (including phenoxy) is 2. The highest BCUT2D eigenvalue weighted by Crippen LogP contribution is 2.26. The molecule has 0 aliphatic carbocycles. The van der Waals surface area contributed by atoms with Crippen molar-refractivity contribution in [3.05, 3.63) is 41.9 Å². The van der Waals surface area contributed by atoms with Gasteiger partial charge < -0.3 is 24.8 Å². The molecule has 2 rings (SSSR count). The second-order valence-corrected chi connectivity index (χ2v) is 3.70. The molecule has 1 aromatic carbocycles. The molecule has 0 amide bonds. The highest BCUT2D eigenvalue weighted by Gasteiger charge is 2.40. The van der Waals surface area contributed by atoms with E-state index in [1.54, 1.807) is 30.3 Å². The minimum atomic E-state index is -1.35. The van der Waals surface area contributed by atoms with Crippen LogP contribution >= 0.6 is 0 Å². The Hall–Kier alpha value is -2.05. The molecular formula is C12H12O6. The van der Waals surface area contributed by atoms with Crippen LogP contribution in [0.1, 0.15) is 0 Å². The van der Waals surface area contributed by atoms with Crippen molar-refractivity contribution in [2.75, 3.05) is 6.61 Å². The predicted octanol–water partition coefficient (Wildman–Crippen LogP) is 0.114. The molecule has 1 aromatic rings. The molecule has 6 heteroatoms. The first-order valence-electron chi connectivity index (χ1n) is 5.29. The molecule has 0 aromatic heterocycles. The Morgan fingerprint density at radius 1 is 1.33 bits per heavy atom. The van der Waals surface area contributed by atoms with Crippen molar-refractivity contribution in [1.82, 2.24) is 0 Å². The normalized spacial score (nSPS) is 20.8. The number of esters is 1. The van der Waals surface area contributed by atoms with Crippen LogP contribution in [0.2, 0.25) is 0 Å². The number of aliphatic hydroxyl groups excluding tert-OH is 3. The summed E-state index contributed by atoms with van der Waals surface area (Å²) in [6.45, 7) is -0.618. The monoisotopic (exact) mass is 252 g/mol. The molecule has 96 valence electrons. The fraction of sp³-hybridized carbons (Fsp3) is 0.250. The number of aliphatic hydroxyl groups is 3. The Kier molecular flexibility index (Phi) is 3.50. The number of para-hydroxylation sites is 1. The SMILES string of the molecule is O=C1O[C@H]([C@@H](O)CO)C(Oc2ccccc2)=C1O. The summed E-state index contributed by atoms with van der Waals surface area (Å²) in [7, 11) is 0. The van der Waals surface area contributed by atoms with Crippen molar-refractivity contribution in [2.45, 2.75) is 12.2 Å². The van der Waals surface area contributed by atoms with E-state index in [9.17, 15) is 15.0 Å². The summed E-state index contributed by atoms with van der Waals surface area (Å²) in [4.78, 5) is 11.2. The Morgan fingerprint density at radius 3 is 2.61 bits per heavy atom. The molecule has 0 fully saturated rings. The van der Waals surface area contributed by atoms with Crippen molar-refractivity contribution in [2.24, 2.45) is 0 Å². The first-order valence-corrected chi connectivity index (χ1v) is 5.29. The van der Waals surface area contributed by atoms with E-state index in [2.05, 4.69) is 0 Å². The number of carbonyl (C=O) groups excluding carboxylic acids is 1. The first-order chi connectivity index (χ1) is 8.63. The smallest absolute Gasteiger partial charge is 0.378 e. The summed E-state index contributed by atoms with van der Waals surface area (Å²) in [5.74, 6) is -1.50. The molecule has 0 bridgehead atoms. The van der Waals surface area contributed by atoms with Gasteiger partial charge in [0.25, 0.3) is 0 Å². The van der Waals surface area contributed by atoms with Crippen molar-refractivity contribution in [3.8, 4) is 5.75 Å². The van der Waals surface area contributed by atoms with E-state index in [1.165, 1.54) is 0 Å². The van der Waals surface area contributed by atoms with Gasteiger partial charge in [-0.25, -0.2) is 4.79 Å². The van der Waals surface area contributed by atoms with Crippen molar-refractivity contribution in [1.29, 1.82) is 0 Å². The highest BCUT2D eigenvalue weighted by atomic mass is 16.6. The average molecular weight is 252 g/mol. The topological polar surface area (TPSA) is 96.2 Å². The van der Waals surface area contributed by atoms with Gasteiger partial charge in [-0.15, -0.1) is 0 Å². The lowest BCUT2D eigenvalue weighted by molar-refractivity contribution is -0.147. The van der Waals surface area contributed by atoms with E-state index in [0.29, 0.717) is 5.75 Å². The van der Waals surface area contributed by atoms with Crippen molar-refractivity contribution >= 4 is 5.97 Å². The van der Waals surface area contributed by atoms with Crippen LogP contribution in [0.3, 0.4) is 0 Å². The molecule has 3 N–H and O–H groups in total. The van der Waals surface area contributed by atoms with Crippen LogP contribution in [-0.2, 0) is 9.53 Å². The van der Waals surface area contributed by atoms with Crippen LogP contribution in [0.25, 0.3) is 0 Å². The molecule has 6 nitrogen and oxygen atoms in total.